The van der Waals surface area contributed by atoms with Gasteiger partial charge in [-0.1, -0.05) is 36.4 Å². The van der Waals surface area contributed by atoms with Gasteiger partial charge in [-0.15, -0.1) is 0 Å². The number of nitrogens with zero attached hydrogens (tertiary/aromatic N) is 1. The molecule has 5 N–H and O–H groups in total. The Labute approximate surface area is 266 Å². The van der Waals surface area contributed by atoms with Crippen LogP contribution >= 0.6 is 0 Å². The smallest absolute Gasteiger partial charge is 0.251 e. The Hall–Kier alpha value is -5.64. The monoisotopic (exact) mass is 624 g/mol. The minimum atomic E-state index is -0.957. The number of nitrogens with one attached hydrogen (secondary N) is 1. The number of aromatic hydroxyl groups is 4. The predicted molar refractivity (Wildman–Crippen MR) is 172 cm³/mol. The first-order valence-corrected chi connectivity index (χ1v) is 14.8. The third-order valence-corrected chi connectivity index (χ3v) is 8.08. The molecule has 1 saturated heterocycles. The van der Waals surface area contributed by atoms with Crippen LogP contribution in [0.5, 0.6) is 34.5 Å². The van der Waals surface area contributed by atoms with Crippen molar-refractivity contribution in [2.75, 3.05) is 27.3 Å². The maximum absolute atomic E-state index is 14.3. The molecule has 0 saturated carbocycles. The van der Waals surface area contributed by atoms with Crippen LogP contribution in [0, 0.1) is 5.92 Å². The molecule has 10 nitrogen and oxygen atoms in total. The lowest BCUT2D eigenvalue weighted by molar-refractivity contribution is -0.126. The molecule has 4 aromatic rings. The van der Waals surface area contributed by atoms with Crippen molar-refractivity contribution < 1.29 is 39.5 Å². The summed E-state index contributed by atoms with van der Waals surface area (Å²) in [5.41, 5.74) is 3.21. The summed E-state index contributed by atoms with van der Waals surface area (Å²) in [6, 6.07) is 22.2. The molecule has 10 heteroatoms. The zero-order chi connectivity index (χ0) is 32.8. The lowest BCUT2D eigenvalue weighted by Gasteiger charge is -2.28. The van der Waals surface area contributed by atoms with E-state index in [0.29, 0.717) is 24.0 Å². The second-order valence-corrected chi connectivity index (χ2v) is 11.0. The van der Waals surface area contributed by atoms with E-state index < -0.39 is 12.0 Å². The lowest BCUT2D eigenvalue weighted by Crippen LogP contribution is -2.37. The van der Waals surface area contributed by atoms with E-state index in [1.54, 1.807) is 83.8 Å². The highest BCUT2D eigenvalue weighted by Gasteiger charge is 2.48. The van der Waals surface area contributed by atoms with Crippen LogP contribution in [0.25, 0.3) is 6.08 Å². The highest BCUT2D eigenvalue weighted by Crippen LogP contribution is 2.45. The van der Waals surface area contributed by atoms with Gasteiger partial charge in [0.1, 0.15) is 11.5 Å². The molecule has 46 heavy (non-hydrogen) atoms. The Morgan fingerprint density at radius 1 is 0.783 bits per heavy atom. The highest BCUT2D eigenvalue weighted by atomic mass is 16.5. The average Bonchev–Trinajstić information content (AvgIpc) is 3.33. The van der Waals surface area contributed by atoms with Crippen molar-refractivity contribution >= 4 is 17.9 Å². The minimum absolute atomic E-state index is 0.0597. The lowest BCUT2D eigenvalue weighted by atomic mass is 9.88. The fourth-order valence-electron chi connectivity index (χ4n) is 5.68. The number of methoxy groups -OCH3 is 2. The van der Waals surface area contributed by atoms with Crippen molar-refractivity contribution in [1.29, 1.82) is 0 Å². The second kappa shape index (κ2) is 14.0. The van der Waals surface area contributed by atoms with Gasteiger partial charge in [-0.25, -0.2) is 0 Å². The zero-order valence-corrected chi connectivity index (χ0v) is 25.5. The summed E-state index contributed by atoms with van der Waals surface area (Å²) in [7, 11) is 2.86. The topological polar surface area (TPSA) is 149 Å². The molecule has 5 rings (SSSR count). The molecular weight excluding hydrogens is 588 g/mol. The quantitative estimate of drug-likeness (QED) is 0.151. The summed E-state index contributed by atoms with van der Waals surface area (Å²) in [5, 5.41) is 42.8. The van der Waals surface area contributed by atoms with E-state index in [9.17, 15) is 30.0 Å². The number of phenols is 4. The Kier molecular flexibility index (Phi) is 9.66. The summed E-state index contributed by atoms with van der Waals surface area (Å²) in [6.45, 7) is 0.540. The Morgan fingerprint density at radius 2 is 1.35 bits per heavy atom. The van der Waals surface area contributed by atoms with Crippen molar-refractivity contribution in [2.24, 2.45) is 5.92 Å². The van der Waals surface area contributed by atoms with Crippen LogP contribution in [-0.4, -0.2) is 64.4 Å². The molecule has 238 valence electrons. The molecule has 2 amide bonds. The number of rotatable bonds is 11. The number of phenolic OH excluding ortho intramolecular Hbond substituents is 4. The van der Waals surface area contributed by atoms with Gasteiger partial charge in [0, 0.05) is 18.7 Å². The molecule has 0 unspecified atom stereocenters. The van der Waals surface area contributed by atoms with Crippen LogP contribution in [0.1, 0.15) is 28.3 Å². The predicted octanol–water partition coefficient (Wildman–Crippen LogP) is 4.71. The van der Waals surface area contributed by atoms with Gasteiger partial charge < -0.3 is 40.1 Å². The van der Waals surface area contributed by atoms with Crippen molar-refractivity contribution in [3.05, 3.63) is 113 Å². The fraction of sp³-hybridized carbons (Fsp3) is 0.222. The molecule has 1 heterocycles. The van der Waals surface area contributed by atoms with E-state index in [4.69, 9.17) is 9.47 Å². The summed E-state index contributed by atoms with van der Waals surface area (Å²) < 4.78 is 10.7. The van der Waals surface area contributed by atoms with E-state index in [0.717, 1.165) is 11.1 Å². The molecule has 1 aliphatic rings. The van der Waals surface area contributed by atoms with Crippen LogP contribution in [0.4, 0.5) is 0 Å². The molecule has 1 aliphatic heterocycles. The van der Waals surface area contributed by atoms with Gasteiger partial charge in [0.2, 0.25) is 5.91 Å². The number of hydrogen-bond donors (Lipinski definition) is 5. The second-order valence-electron chi connectivity index (χ2n) is 11.0. The number of benzene rings is 4. The highest BCUT2D eigenvalue weighted by molar-refractivity contribution is 6.07. The van der Waals surface area contributed by atoms with E-state index in [2.05, 4.69) is 5.32 Å². The van der Waals surface area contributed by atoms with Gasteiger partial charge in [0.05, 0.1) is 26.2 Å². The Balaban J connectivity index is 1.56. The summed E-state index contributed by atoms with van der Waals surface area (Å²) in [5.74, 6) is -1.10. The number of ether oxygens (including phenoxy) is 2. The van der Waals surface area contributed by atoms with Crippen molar-refractivity contribution in [1.82, 2.24) is 10.2 Å². The number of carbonyl (C=O) groups excluding carboxylic acids is 2. The Bertz CT molecular complexity index is 1730. The zero-order valence-electron chi connectivity index (χ0n) is 25.5. The van der Waals surface area contributed by atoms with Crippen molar-refractivity contribution in [3.8, 4) is 34.5 Å². The van der Waals surface area contributed by atoms with E-state index >= 15 is 0 Å². The van der Waals surface area contributed by atoms with Gasteiger partial charge in [0.25, 0.3) is 5.91 Å². The van der Waals surface area contributed by atoms with Gasteiger partial charge >= 0.3 is 0 Å². The summed E-state index contributed by atoms with van der Waals surface area (Å²) >= 11 is 0. The van der Waals surface area contributed by atoms with Gasteiger partial charge in [0.15, 0.2) is 23.0 Å². The van der Waals surface area contributed by atoms with Gasteiger partial charge in [-0.2, -0.15) is 0 Å². The van der Waals surface area contributed by atoms with Crippen LogP contribution in [0.2, 0.25) is 0 Å². The molecular formula is C36H36N2O8. The van der Waals surface area contributed by atoms with E-state index in [-0.39, 0.29) is 65.0 Å². The van der Waals surface area contributed by atoms with Crippen LogP contribution in [-0.2, 0) is 22.4 Å². The number of carbonyl (C=O) groups is 2. The SMILES string of the molecule is COc1cc(/C=C2/C(=O)N(CCc3ccc(O)cc3)[C@H](c3ccc(O)c(OC)c3)[C@H]2C(=O)NCCc2ccc(O)cc2)ccc1O. The molecule has 2 atom stereocenters. The molecule has 0 bridgehead atoms. The maximum atomic E-state index is 14.3. The molecule has 0 aliphatic carbocycles. The normalized spacial score (nSPS) is 16.9. The summed E-state index contributed by atoms with van der Waals surface area (Å²) in [4.78, 5) is 30.1. The standard InChI is InChI=1S/C36H36N2O8/c1-45-31-20-24(7-13-29(31)41)19-28-33(35(43)37-17-15-22-3-9-26(39)10-4-22)34(25-8-14-30(42)32(21-25)46-2)38(36(28)44)18-16-23-5-11-27(40)12-6-23/h3-14,19-21,33-34,39-42H,15-18H2,1-2H3,(H,37,43)/b28-19+/t33-,34+/m0/s1. The fourth-order valence-corrected chi connectivity index (χ4v) is 5.68. The molecule has 0 aromatic heterocycles. The number of likely N-dealkylation sites (tertiary alicyclic amines) is 1. The third-order valence-electron chi connectivity index (χ3n) is 8.08. The molecule has 4 aromatic carbocycles. The largest absolute Gasteiger partial charge is 0.508 e. The molecule has 1 fully saturated rings. The van der Waals surface area contributed by atoms with E-state index in [1.165, 1.54) is 26.4 Å². The first-order valence-electron chi connectivity index (χ1n) is 14.8. The third kappa shape index (κ3) is 7.02. The number of hydrogen-bond acceptors (Lipinski definition) is 8. The first-order chi connectivity index (χ1) is 22.2. The molecule has 0 radical (unpaired) electrons. The summed E-state index contributed by atoms with van der Waals surface area (Å²) in [6.07, 6.45) is 2.59. The minimum Gasteiger partial charge on any atom is -0.508 e. The Morgan fingerprint density at radius 3 is 1.96 bits per heavy atom. The maximum Gasteiger partial charge on any atom is 0.251 e. The first kappa shape index (κ1) is 31.8. The molecule has 0 spiro atoms. The van der Waals surface area contributed by atoms with Gasteiger partial charge in [-0.05, 0) is 89.7 Å². The van der Waals surface area contributed by atoms with Crippen molar-refractivity contribution in [2.45, 2.75) is 18.9 Å². The van der Waals surface area contributed by atoms with Gasteiger partial charge in [-0.3, -0.25) is 9.59 Å². The van der Waals surface area contributed by atoms with Crippen LogP contribution in [0.3, 0.4) is 0 Å². The van der Waals surface area contributed by atoms with Crippen LogP contribution < -0.4 is 14.8 Å². The van der Waals surface area contributed by atoms with Crippen LogP contribution in [0.15, 0.2) is 90.5 Å². The van der Waals surface area contributed by atoms with Crippen molar-refractivity contribution in [3.63, 3.8) is 0 Å². The average molecular weight is 625 g/mol. The number of amides is 2. The van der Waals surface area contributed by atoms with E-state index in [1.807, 2.05) is 0 Å².